The fourth-order valence-electron chi connectivity index (χ4n) is 4.67. The topological polar surface area (TPSA) is 66.5 Å². The molecule has 3 aliphatic rings. The minimum atomic E-state index is -0.190. The van der Waals surface area contributed by atoms with E-state index in [1.807, 2.05) is 32.0 Å². The number of benzene rings is 1. The van der Waals surface area contributed by atoms with Crippen LogP contribution >= 0.6 is 0 Å². The van der Waals surface area contributed by atoms with E-state index in [0.717, 1.165) is 23.2 Å². The average Bonchev–Trinajstić information content (AvgIpc) is 3.19. The van der Waals surface area contributed by atoms with Crippen LogP contribution in [0.4, 0.5) is 5.69 Å². The molecule has 0 aromatic heterocycles. The number of rotatable bonds is 4. The van der Waals surface area contributed by atoms with Gasteiger partial charge in [0, 0.05) is 18.7 Å². The Labute approximate surface area is 147 Å². The van der Waals surface area contributed by atoms with Gasteiger partial charge in [-0.15, -0.1) is 0 Å². The Balaban J connectivity index is 1.38. The second-order valence-corrected chi connectivity index (χ2v) is 7.50. The highest BCUT2D eigenvalue weighted by molar-refractivity contribution is 6.06. The highest BCUT2D eigenvalue weighted by Gasteiger charge is 2.58. The lowest BCUT2D eigenvalue weighted by atomic mass is 9.85. The van der Waals surface area contributed by atoms with Crippen molar-refractivity contribution in [3.8, 4) is 0 Å². The van der Waals surface area contributed by atoms with Crippen LogP contribution in [0.5, 0.6) is 0 Å². The number of imide groups is 1. The zero-order valence-corrected chi connectivity index (χ0v) is 14.5. The van der Waals surface area contributed by atoms with Crippen LogP contribution in [0.1, 0.15) is 24.0 Å². The summed E-state index contributed by atoms with van der Waals surface area (Å²) < 4.78 is 0. The summed E-state index contributed by atoms with van der Waals surface area (Å²) in [5.41, 5.74) is 2.91. The molecular weight excluding hydrogens is 316 g/mol. The summed E-state index contributed by atoms with van der Waals surface area (Å²) in [6, 6.07) is 5.86. The molecule has 1 N–H and O–H groups in total. The molecule has 25 heavy (non-hydrogen) atoms. The van der Waals surface area contributed by atoms with Crippen molar-refractivity contribution in [2.45, 2.75) is 26.7 Å². The van der Waals surface area contributed by atoms with Crippen molar-refractivity contribution in [1.29, 1.82) is 0 Å². The first kappa shape index (κ1) is 16.1. The number of hydrogen-bond acceptors (Lipinski definition) is 3. The van der Waals surface area contributed by atoms with Gasteiger partial charge in [0.25, 0.3) is 0 Å². The summed E-state index contributed by atoms with van der Waals surface area (Å²) in [6.45, 7) is 4.12. The summed E-state index contributed by atoms with van der Waals surface area (Å²) in [6.07, 6.45) is 5.21. The van der Waals surface area contributed by atoms with E-state index in [9.17, 15) is 14.4 Å². The molecule has 1 aliphatic heterocycles. The Bertz CT molecular complexity index is 748. The van der Waals surface area contributed by atoms with Gasteiger partial charge in [-0.25, -0.2) is 0 Å². The largest absolute Gasteiger partial charge is 0.326 e. The Hall–Kier alpha value is -2.43. The van der Waals surface area contributed by atoms with Gasteiger partial charge in [-0.3, -0.25) is 19.3 Å². The first-order valence-corrected chi connectivity index (χ1v) is 8.86. The molecule has 2 bridgehead atoms. The third kappa shape index (κ3) is 2.68. The SMILES string of the molecule is Cc1cc(C)cc(NC(=O)CCN2C(=O)[C@H]3[C@H](C2=O)[C@H]2C=C[C@H]3C2)c1. The normalized spacial score (nSPS) is 29.4. The van der Waals surface area contributed by atoms with Gasteiger partial charge in [0.05, 0.1) is 11.8 Å². The number of likely N-dealkylation sites (tertiary alicyclic amines) is 1. The predicted molar refractivity (Wildman–Crippen MR) is 93.6 cm³/mol. The van der Waals surface area contributed by atoms with Gasteiger partial charge in [-0.1, -0.05) is 18.2 Å². The zero-order chi connectivity index (χ0) is 17.7. The maximum atomic E-state index is 12.6. The van der Waals surface area contributed by atoms with Crippen LogP contribution < -0.4 is 5.32 Å². The van der Waals surface area contributed by atoms with Gasteiger partial charge < -0.3 is 5.32 Å². The summed E-state index contributed by atoms with van der Waals surface area (Å²) in [5.74, 6) is -0.322. The van der Waals surface area contributed by atoms with Gasteiger partial charge in [0.15, 0.2) is 0 Å². The number of aryl methyl sites for hydroxylation is 2. The van der Waals surface area contributed by atoms with Crippen LogP contribution in [0.25, 0.3) is 0 Å². The van der Waals surface area contributed by atoms with E-state index in [2.05, 4.69) is 17.5 Å². The number of hydrogen-bond donors (Lipinski definition) is 1. The van der Waals surface area contributed by atoms with E-state index in [4.69, 9.17) is 0 Å². The third-order valence-corrected chi connectivity index (χ3v) is 5.63. The Morgan fingerprint density at radius 2 is 1.60 bits per heavy atom. The van der Waals surface area contributed by atoms with Crippen molar-refractivity contribution < 1.29 is 14.4 Å². The van der Waals surface area contributed by atoms with Crippen LogP contribution in [0.15, 0.2) is 30.4 Å². The third-order valence-electron chi connectivity index (χ3n) is 5.63. The molecule has 2 fully saturated rings. The van der Waals surface area contributed by atoms with Gasteiger partial charge in [-0.05, 0) is 55.4 Å². The number of fused-ring (bicyclic) bond motifs is 5. The Morgan fingerprint density at radius 1 is 1.04 bits per heavy atom. The molecule has 4 rings (SSSR count). The lowest BCUT2D eigenvalue weighted by molar-refractivity contribution is -0.140. The van der Waals surface area contributed by atoms with Crippen molar-refractivity contribution in [2.24, 2.45) is 23.7 Å². The lowest BCUT2D eigenvalue weighted by Crippen LogP contribution is -2.35. The molecule has 130 valence electrons. The van der Waals surface area contributed by atoms with Gasteiger partial charge in [-0.2, -0.15) is 0 Å². The minimum absolute atomic E-state index is 0.0916. The molecule has 4 atom stereocenters. The first-order chi connectivity index (χ1) is 11.9. The van der Waals surface area contributed by atoms with Gasteiger partial charge >= 0.3 is 0 Å². The Kier molecular flexibility index (Phi) is 3.74. The molecule has 1 saturated carbocycles. The molecule has 0 unspecified atom stereocenters. The monoisotopic (exact) mass is 338 g/mol. The fourth-order valence-corrected chi connectivity index (χ4v) is 4.67. The molecule has 5 nitrogen and oxygen atoms in total. The fraction of sp³-hybridized carbons (Fsp3) is 0.450. The van der Waals surface area contributed by atoms with E-state index in [-0.39, 0.29) is 54.4 Å². The summed E-state index contributed by atoms with van der Waals surface area (Å²) in [7, 11) is 0. The number of nitrogens with zero attached hydrogens (tertiary/aromatic N) is 1. The van der Waals surface area contributed by atoms with Crippen molar-refractivity contribution in [2.75, 3.05) is 11.9 Å². The minimum Gasteiger partial charge on any atom is -0.326 e. The highest BCUT2D eigenvalue weighted by Crippen LogP contribution is 2.52. The quantitative estimate of drug-likeness (QED) is 0.677. The van der Waals surface area contributed by atoms with Crippen molar-refractivity contribution >= 4 is 23.4 Å². The van der Waals surface area contributed by atoms with Crippen molar-refractivity contribution in [1.82, 2.24) is 4.90 Å². The molecule has 1 aromatic rings. The molecular formula is C20H22N2O3. The highest BCUT2D eigenvalue weighted by atomic mass is 16.2. The summed E-state index contributed by atoms with van der Waals surface area (Å²) in [5, 5.41) is 2.86. The van der Waals surface area contributed by atoms with Crippen molar-refractivity contribution in [3.63, 3.8) is 0 Å². The van der Waals surface area contributed by atoms with E-state index in [1.165, 1.54) is 4.90 Å². The average molecular weight is 338 g/mol. The van der Waals surface area contributed by atoms with Crippen LogP contribution in [0.2, 0.25) is 0 Å². The van der Waals surface area contributed by atoms with Gasteiger partial charge in [0.2, 0.25) is 17.7 Å². The first-order valence-electron chi connectivity index (χ1n) is 8.86. The van der Waals surface area contributed by atoms with Crippen LogP contribution in [0.3, 0.4) is 0 Å². The number of carbonyl (C=O) groups is 3. The molecule has 1 heterocycles. The number of carbonyl (C=O) groups excluding carboxylic acids is 3. The van der Waals surface area contributed by atoms with E-state index in [0.29, 0.717) is 0 Å². The van der Waals surface area contributed by atoms with Crippen LogP contribution in [-0.2, 0) is 14.4 Å². The number of allylic oxidation sites excluding steroid dienone is 2. The molecule has 0 radical (unpaired) electrons. The second kappa shape index (κ2) is 5.83. The molecule has 1 saturated heterocycles. The van der Waals surface area contributed by atoms with E-state index in [1.54, 1.807) is 0 Å². The molecule has 1 aromatic carbocycles. The summed E-state index contributed by atoms with van der Waals surface area (Å²) >= 11 is 0. The maximum Gasteiger partial charge on any atom is 0.233 e. The van der Waals surface area contributed by atoms with E-state index < -0.39 is 0 Å². The number of amides is 3. The standard InChI is InChI=1S/C20H22N2O3/c1-11-7-12(2)9-15(8-11)21-16(23)5-6-22-19(24)17-13-3-4-14(10-13)18(17)20(22)25/h3-4,7-9,13-14,17-18H,5-6,10H2,1-2H3,(H,21,23)/t13-,14-,17+,18+/m0/s1. The maximum absolute atomic E-state index is 12.6. The molecule has 5 heteroatoms. The molecule has 0 spiro atoms. The predicted octanol–water partition coefficient (Wildman–Crippen LogP) is 2.44. The smallest absolute Gasteiger partial charge is 0.233 e. The zero-order valence-electron chi connectivity index (χ0n) is 14.5. The van der Waals surface area contributed by atoms with Crippen molar-refractivity contribution in [3.05, 3.63) is 41.5 Å². The molecule has 3 amide bonds. The number of nitrogens with one attached hydrogen (secondary N) is 1. The van der Waals surface area contributed by atoms with Crippen LogP contribution in [-0.4, -0.2) is 29.2 Å². The number of anilines is 1. The summed E-state index contributed by atoms with van der Waals surface area (Å²) in [4.78, 5) is 38.7. The van der Waals surface area contributed by atoms with E-state index >= 15 is 0 Å². The van der Waals surface area contributed by atoms with Crippen LogP contribution in [0, 0.1) is 37.5 Å². The molecule has 2 aliphatic carbocycles. The second-order valence-electron chi connectivity index (χ2n) is 7.50. The lowest BCUT2D eigenvalue weighted by Gasteiger charge is -2.17. The Morgan fingerprint density at radius 3 is 2.16 bits per heavy atom. The van der Waals surface area contributed by atoms with Gasteiger partial charge in [0.1, 0.15) is 0 Å².